The van der Waals surface area contributed by atoms with Gasteiger partial charge in [-0.2, -0.15) is 0 Å². The number of carbonyl (C=O) groups excluding carboxylic acids is 1. The molecule has 1 amide bonds. The number of benzene rings is 2. The molecule has 6 nitrogen and oxygen atoms in total. The van der Waals surface area contributed by atoms with E-state index >= 15 is 0 Å². The van der Waals surface area contributed by atoms with Gasteiger partial charge in [0.1, 0.15) is 12.4 Å². The SMILES string of the molecule is CCCCOc1ccc(NC(=O)OCc2[nH]c3ccccc3c(=O)c2C)cc1. The number of unbranched alkanes of at least 4 members (excludes halogenated alkanes) is 1. The summed E-state index contributed by atoms with van der Waals surface area (Å²) in [6, 6.07) is 14.4. The minimum absolute atomic E-state index is 0.0179. The van der Waals surface area contributed by atoms with Crippen molar-refractivity contribution in [2.24, 2.45) is 0 Å². The van der Waals surface area contributed by atoms with E-state index in [9.17, 15) is 9.59 Å². The Morgan fingerprint density at radius 3 is 2.61 bits per heavy atom. The number of nitrogens with one attached hydrogen (secondary N) is 2. The van der Waals surface area contributed by atoms with Gasteiger partial charge in [0.2, 0.25) is 0 Å². The van der Waals surface area contributed by atoms with Crippen molar-refractivity contribution < 1.29 is 14.3 Å². The molecular formula is C22H24N2O4. The quantitative estimate of drug-likeness (QED) is 0.579. The van der Waals surface area contributed by atoms with Gasteiger partial charge in [0.05, 0.1) is 12.3 Å². The fourth-order valence-corrected chi connectivity index (χ4v) is 2.79. The number of aromatic nitrogens is 1. The number of para-hydroxylation sites is 1. The summed E-state index contributed by atoms with van der Waals surface area (Å²) in [5, 5.41) is 3.29. The monoisotopic (exact) mass is 380 g/mol. The Morgan fingerprint density at radius 1 is 1.11 bits per heavy atom. The summed E-state index contributed by atoms with van der Waals surface area (Å²) in [5.74, 6) is 0.761. The second-order valence-corrected chi connectivity index (χ2v) is 6.53. The van der Waals surface area contributed by atoms with Gasteiger partial charge in [0.25, 0.3) is 0 Å². The second-order valence-electron chi connectivity index (χ2n) is 6.53. The first kappa shape index (κ1) is 19.5. The van der Waals surface area contributed by atoms with E-state index in [2.05, 4.69) is 17.2 Å². The molecule has 1 heterocycles. The lowest BCUT2D eigenvalue weighted by molar-refractivity contribution is 0.153. The van der Waals surface area contributed by atoms with Crippen LogP contribution in [-0.4, -0.2) is 17.7 Å². The van der Waals surface area contributed by atoms with E-state index in [0.717, 1.165) is 24.1 Å². The highest BCUT2D eigenvalue weighted by Crippen LogP contribution is 2.17. The molecule has 28 heavy (non-hydrogen) atoms. The minimum Gasteiger partial charge on any atom is -0.494 e. The highest BCUT2D eigenvalue weighted by molar-refractivity contribution is 5.84. The molecule has 0 saturated heterocycles. The minimum atomic E-state index is -0.590. The first-order valence-electron chi connectivity index (χ1n) is 9.35. The van der Waals surface area contributed by atoms with E-state index in [1.807, 2.05) is 18.2 Å². The summed E-state index contributed by atoms with van der Waals surface area (Å²) in [7, 11) is 0. The number of H-pyrrole nitrogens is 1. The Balaban J connectivity index is 1.59. The average Bonchev–Trinajstić information content (AvgIpc) is 2.71. The molecule has 0 radical (unpaired) electrons. The van der Waals surface area contributed by atoms with Gasteiger partial charge in [-0.15, -0.1) is 0 Å². The lowest BCUT2D eigenvalue weighted by Gasteiger charge is -2.11. The van der Waals surface area contributed by atoms with Gasteiger partial charge in [0.15, 0.2) is 5.43 Å². The van der Waals surface area contributed by atoms with Crippen LogP contribution in [0, 0.1) is 6.92 Å². The van der Waals surface area contributed by atoms with E-state index in [1.54, 1.807) is 37.3 Å². The van der Waals surface area contributed by atoms with Crippen LogP contribution < -0.4 is 15.5 Å². The van der Waals surface area contributed by atoms with E-state index in [4.69, 9.17) is 9.47 Å². The smallest absolute Gasteiger partial charge is 0.412 e. The molecule has 3 rings (SSSR count). The van der Waals surface area contributed by atoms with Crippen LogP contribution in [0.1, 0.15) is 31.0 Å². The molecule has 0 bridgehead atoms. The van der Waals surface area contributed by atoms with Crippen LogP contribution in [0.5, 0.6) is 5.75 Å². The average molecular weight is 380 g/mol. The van der Waals surface area contributed by atoms with E-state index < -0.39 is 6.09 Å². The van der Waals surface area contributed by atoms with Crippen LogP contribution in [-0.2, 0) is 11.3 Å². The van der Waals surface area contributed by atoms with Crippen molar-refractivity contribution in [3.05, 3.63) is 70.0 Å². The highest BCUT2D eigenvalue weighted by Gasteiger charge is 2.10. The molecule has 0 aliphatic carbocycles. The third-order valence-corrected chi connectivity index (χ3v) is 4.47. The van der Waals surface area contributed by atoms with Crippen LogP contribution in [0.15, 0.2) is 53.3 Å². The van der Waals surface area contributed by atoms with Gasteiger partial charge in [-0.3, -0.25) is 10.1 Å². The summed E-state index contributed by atoms with van der Waals surface area (Å²) < 4.78 is 10.9. The van der Waals surface area contributed by atoms with E-state index in [1.165, 1.54) is 0 Å². The molecule has 0 atom stereocenters. The fourth-order valence-electron chi connectivity index (χ4n) is 2.79. The third kappa shape index (κ3) is 4.71. The van der Waals surface area contributed by atoms with Crippen molar-refractivity contribution in [3.63, 3.8) is 0 Å². The van der Waals surface area contributed by atoms with Crippen molar-refractivity contribution in [3.8, 4) is 5.75 Å². The number of carbonyl (C=O) groups is 1. The Bertz CT molecular complexity index is 1010. The number of amides is 1. The Labute approximate surface area is 163 Å². The molecule has 3 aromatic rings. The van der Waals surface area contributed by atoms with Crippen molar-refractivity contribution >= 4 is 22.7 Å². The van der Waals surface area contributed by atoms with Gasteiger partial charge in [-0.25, -0.2) is 4.79 Å². The number of rotatable bonds is 7. The van der Waals surface area contributed by atoms with Crippen LogP contribution in [0.2, 0.25) is 0 Å². The zero-order chi connectivity index (χ0) is 19.9. The van der Waals surface area contributed by atoms with Crippen LogP contribution in [0.3, 0.4) is 0 Å². The molecule has 1 aromatic heterocycles. The normalized spacial score (nSPS) is 10.6. The van der Waals surface area contributed by atoms with Gasteiger partial charge >= 0.3 is 6.09 Å². The molecule has 146 valence electrons. The third-order valence-electron chi connectivity index (χ3n) is 4.47. The van der Waals surface area contributed by atoms with Crippen molar-refractivity contribution in [1.29, 1.82) is 0 Å². The maximum atomic E-state index is 12.4. The largest absolute Gasteiger partial charge is 0.494 e. The Hall–Kier alpha value is -3.28. The molecule has 6 heteroatoms. The molecule has 0 saturated carbocycles. The highest BCUT2D eigenvalue weighted by atomic mass is 16.5. The molecule has 0 spiro atoms. The molecule has 0 unspecified atom stereocenters. The molecular weight excluding hydrogens is 356 g/mol. The number of pyridine rings is 1. The second kappa shape index (κ2) is 9.08. The molecule has 0 aliphatic heterocycles. The number of aromatic amines is 1. The van der Waals surface area contributed by atoms with Gasteiger partial charge in [-0.1, -0.05) is 25.5 Å². The summed E-state index contributed by atoms with van der Waals surface area (Å²) >= 11 is 0. The first-order chi connectivity index (χ1) is 13.6. The van der Waals surface area contributed by atoms with Crippen LogP contribution >= 0.6 is 0 Å². The van der Waals surface area contributed by atoms with Crippen LogP contribution in [0.4, 0.5) is 10.5 Å². The number of fused-ring (bicyclic) bond motifs is 1. The van der Waals surface area contributed by atoms with Crippen molar-refractivity contribution in [2.45, 2.75) is 33.3 Å². The van der Waals surface area contributed by atoms with Crippen molar-refractivity contribution in [2.75, 3.05) is 11.9 Å². The van der Waals surface area contributed by atoms with Crippen molar-refractivity contribution in [1.82, 2.24) is 4.98 Å². The Morgan fingerprint density at radius 2 is 1.86 bits per heavy atom. The summed E-state index contributed by atoms with van der Waals surface area (Å²) in [4.78, 5) is 27.7. The lowest BCUT2D eigenvalue weighted by atomic mass is 10.1. The van der Waals surface area contributed by atoms with Gasteiger partial charge < -0.3 is 14.5 Å². The van der Waals surface area contributed by atoms with E-state index in [-0.39, 0.29) is 12.0 Å². The predicted molar refractivity (Wildman–Crippen MR) is 110 cm³/mol. The Kier molecular flexibility index (Phi) is 6.32. The first-order valence-corrected chi connectivity index (χ1v) is 9.35. The predicted octanol–water partition coefficient (Wildman–Crippen LogP) is 4.76. The zero-order valence-corrected chi connectivity index (χ0v) is 16.1. The number of hydrogen-bond acceptors (Lipinski definition) is 4. The summed E-state index contributed by atoms with van der Waals surface area (Å²) in [5.41, 5.74) is 2.39. The van der Waals surface area contributed by atoms with E-state index in [0.29, 0.717) is 28.9 Å². The van der Waals surface area contributed by atoms with Crippen LogP contribution in [0.25, 0.3) is 10.9 Å². The zero-order valence-electron chi connectivity index (χ0n) is 16.1. The summed E-state index contributed by atoms with van der Waals surface area (Å²) in [6.45, 7) is 4.49. The topological polar surface area (TPSA) is 80.4 Å². The summed E-state index contributed by atoms with van der Waals surface area (Å²) in [6.07, 6.45) is 1.49. The maximum Gasteiger partial charge on any atom is 0.412 e. The number of hydrogen-bond donors (Lipinski definition) is 2. The van der Waals surface area contributed by atoms with Gasteiger partial charge in [-0.05, 0) is 49.7 Å². The molecule has 2 aromatic carbocycles. The standard InChI is InChI=1S/C22H24N2O4/c1-3-4-13-27-17-11-9-16(10-12-17)23-22(26)28-14-20-15(2)21(25)18-7-5-6-8-19(18)24-20/h5-12H,3-4,13-14H2,1-2H3,(H,23,26)(H,24,25). The fraction of sp³-hybridized carbons (Fsp3) is 0.273. The number of anilines is 1. The molecule has 2 N–H and O–H groups in total. The molecule has 0 aliphatic rings. The van der Waals surface area contributed by atoms with Gasteiger partial charge in [0, 0.05) is 22.2 Å². The number of ether oxygens (including phenoxy) is 2. The maximum absolute atomic E-state index is 12.4. The lowest BCUT2D eigenvalue weighted by Crippen LogP contribution is -2.17. The molecule has 0 fully saturated rings.